The Labute approximate surface area is 136 Å². The molecule has 0 fully saturated rings. The summed E-state index contributed by atoms with van der Waals surface area (Å²) in [5.74, 6) is 0. The molecule has 1 aromatic carbocycles. The zero-order chi connectivity index (χ0) is 16.2. The van der Waals surface area contributed by atoms with Gasteiger partial charge in [0.05, 0.1) is 11.4 Å². The minimum absolute atomic E-state index is 0.270. The predicted octanol–water partition coefficient (Wildman–Crippen LogP) is 3.16. The molecule has 0 bridgehead atoms. The topological polar surface area (TPSA) is 46.8 Å². The quantitative estimate of drug-likeness (QED) is 0.726. The Hall–Kier alpha value is -2.53. The summed E-state index contributed by atoms with van der Waals surface area (Å²) < 4.78 is 1.79. The van der Waals surface area contributed by atoms with Crippen LogP contribution < -0.4 is 0 Å². The Kier molecular flexibility index (Phi) is 4.48. The number of pyridine rings is 1. The molecule has 2 aromatic heterocycles. The second-order valence-corrected chi connectivity index (χ2v) is 5.81. The summed E-state index contributed by atoms with van der Waals surface area (Å²) in [5.41, 5.74) is 4.61. The highest BCUT2D eigenvalue weighted by atomic mass is 15.3. The Morgan fingerprint density at radius 2 is 2.09 bits per heavy atom. The minimum Gasteiger partial charge on any atom is -0.294 e. The fourth-order valence-electron chi connectivity index (χ4n) is 2.68. The van der Waals surface area contributed by atoms with Gasteiger partial charge in [0.2, 0.25) is 0 Å². The first-order chi connectivity index (χ1) is 11.1. The number of nitrogens with zero attached hydrogens (tertiary/aromatic N) is 5. The van der Waals surface area contributed by atoms with Crippen LogP contribution in [0.25, 0.3) is 5.69 Å². The van der Waals surface area contributed by atoms with Crippen molar-refractivity contribution in [2.75, 3.05) is 7.05 Å². The molecule has 5 heteroatoms. The maximum Gasteiger partial charge on any atom is 0.138 e. The van der Waals surface area contributed by atoms with E-state index in [1.165, 1.54) is 11.1 Å². The molecule has 3 rings (SSSR count). The lowest BCUT2D eigenvalue weighted by Crippen LogP contribution is -2.22. The maximum atomic E-state index is 4.45. The summed E-state index contributed by atoms with van der Waals surface area (Å²) in [6.45, 7) is 5.15. The lowest BCUT2D eigenvalue weighted by molar-refractivity contribution is 0.248. The molecule has 5 nitrogen and oxygen atoms in total. The highest BCUT2D eigenvalue weighted by molar-refractivity contribution is 5.41. The molecule has 0 saturated heterocycles. The van der Waals surface area contributed by atoms with Crippen LogP contribution in [0.15, 0.2) is 55.2 Å². The molecule has 23 heavy (non-hydrogen) atoms. The number of hydrogen-bond donors (Lipinski definition) is 0. The second kappa shape index (κ2) is 6.71. The molecule has 0 aliphatic heterocycles. The van der Waals surface area contributed by atoms with E-state index in [-0.39, 0.29) is 6.04 Å². The predicted molar refractivity (Wildman–Crippen MR) is 90.2 cm³/mol. The van der Waals surface area contributed by atoms with Crippen molar-refractivity contribution in [1.82, 2.24) is 24.6 Å². The minimum atomic E-state index is 0.270. The van der Waals surface area contributed by atoms with Crippen LogP contribution >= 0.6 is 0 Å². The van der Waals surface area contributed by atoms with E-state index in [2.05, 4.69) is 65.1 Å². The molecule has 1 atom stereocenters. The average Bonchev–Trinajstić information content (AvgIpc) is 3.09. The first-order valence-electron chi connectivity index (χ1n) is 7.71. The molecule has 0 amide bonds. The van der Waals surface area contributed by atoms with Crippen molar-refractivity contribution < 1.29 is 0 Å². The molecule has 0 unspecified atom stereocenters. The number of aromatic nitrogens is 4. The molecule has 118 valence electrons. The van der Waals surface area contributed by atoms with Crippen LogP contribution in [0.4, 0.5) is 0 Å². The number of benzene rings is 1. The largest absolute Gasteiger partial charge is 0.294 e. The Morgan fingerprint density at radius 3 is 2.74 bits per heavy atom. The zero-order valence-corrected chi connectivity index (χ0v) is 13.7. The fourth-order valence-corrected chi connectivity index (χ4v) is 2.68. The number of aryl methyl sites for hydroxylation is 1. The molecule has 3 aromatic rings. The standard InChI is InChI=1S/C18H21N5/c1-14-10-16(7-8-18(14)23-13-19-12-21-23)11-22(3)15(2)17-6-4-5-9-20-17/h4-10,12-13,15H,11H2,1-3H3/t15-/m1/s1. The Balaban J connectivity index is 1.74. The third kappa shape index (κ3) is 3.46. The van der Waals surface area contributed by atoms with Gasteiger partial charge in [0, 0.05) is 18.8 Å². The average molecular weight is 307 g/mol. The molecule has 2 heterocycles. The third-order valence-electron chi connectivity index (χ3n) is 4.14. The molecule has 0 N–H and O–H groups in total. The van der Waals surface area contributed by atoms with Crippen molar-refractivity contribution in [2.45, 2.75) is 26.4 Å². The van der Waals surface area contributed by atoms with Gasteiger partial charge >= 0.3 is 0 Å². The van der Waals surface area contributed by atoms with Crippen molar-refractivity contribution in [3.05, 3.63) is 72.1 Å². The van der Waals surface area contributed by atoms with E-state index in [0.717, 1.165) is 17.9 Å². The van der Waals surface area contributed by atoms with Crippen LogP contribution in [0.3, 0.4) is 0 Å². The van der Waals surface area contributed by atoms with Gasteiger partial charge in [0.15, 0.2) is 0 Å². The number of hydrogen-bond acceptors (Lipinski definition) is 4. The van der Waals surface area contributed by atoms with E-state index in [9.17, 15) is 0 Å². The van der Waals surface area contributed by atoms with Gasteiger partial charge in [0.1, 0.15) is 12.7 Å². The maximum absolute atomic E-state index is 4.45. The van der Waals surface area contributed by atoms with Crippen molar-refractivity contribution in [3.8, 4) is 5.69 Å². The Bertz CT molecular complexity index is 752. The molecule has 0 radical (unpaired) electrons. The van der Waals surface area contributed by atoms with Crippen molar-refractivity contribution in [3.63, 3.8) is 0 Å². The van der Waals surface area contributed by atoms with E-state index in [4.69, 9.17) is 0 Å². The Morgan fingerprint density at radius 1 is 1.22 bits per heavy atom. The van der Waals surface area contributed by atoms with Crippen LogP contribution in [0.1, 0.15) is 29.8 Å². The van der Waals surface area contributed by atoms with Crippen LogP contribution in [0, 0.1) is 6.92 Å². The third-order valence-corrected chi connectivity index (χ3v) is 4.14. The fraction of sp³-hybridized carbons (Fsp3) is 0.278. The summed E-state index contributed by atoms with van der Waals surface area (Å²) in [7, 11) is 2.13. The van der Waals surface area contributed by atoms with Gasteiger partial charge in [0.25, 0.3) is 0 Å². The summed E-state index contributed by atoms with van der Waals surface area (Å²) in [5, 5.41) is 4.19. The van der Waals surface area contributed by atoms with Gasteiger partial charge in [-0.2, -0.15) is 5.10 Å². The van der Waals surface area contributed by atoms with Gasteiger partial charge in [-0.3, -0.25) is 9.88 Å². The zero-order valence-electron chi connectivity index (χ0n) is 13.7. The van der Waals surface area contributed by atoms with Gasteiger partial charge in [-0.15, -0.1) is 0 Å². The van der Waals surface area contributed by atoms with Gasteiger partial charge in [-0.05, 0) is 50.2 Å². The van der Waals surface area contributed by atoms with E-state index < -0.39 is 0 Å². The lowest BCUT2D eigenvalue weighted by Gasteiger charge is -2.24. The molecule has 0 spiro atoms. The van der Waals surface area contributed by atoms with E-state index >= 15 is 0 Å². The summed E-state index contributed by atoms with van der Waals surface area (Å²) >= 11 is 0. The van der Waals surface area contributed by atoms with Crippen LogP contribution in [-0.2, 0) is 6.54 Å². The van der Waals surface area contributed by atoms with Crippen LogP contribution in [0.2, 0.25) is 0 Å². The van der Waals surface area contributed by atoms with Gasteiger partial charge in [-0.25, -0.2) is 9.67 Å². The molecular formula is C18H21N5. The smallest absolute Gasteiger partial charge is 0.138 e. The number of rotatable bonds is 5. The molecule has 0 aliphatic rings. The SMILES string of the molecule is Cc1cc(CN(C)[C@H](C)c2ccccn2)ccc1-n1cncn1. The molecule has 0 aliphatic carbocycles. The monoisotopic (exact) mass is 307 g/mol. The van der Waals surface area contributed by atoms with E-state index in [0.29, 0.717) is 0 Å². The first kappa shape index (κ1) is 15.4. The first-order valence-corrected chi connectivity index (χ1v) is 7.71. The highest BCUT2D eigenvalue weighted by Crippen LogP contribution is 2.20. The van der Waals surface area contributed by atoms with Crippen molar-refractivity contribution in [1.29, 1.82) is 0 Å². The lowest BCUT2D eigenvalue weighted by atomic mass is 10.1. The summed E-state index contributed by atoms with van der Waals surface area (Å²) in [6.07, 6.45) is 5.11. The van der Waals surface area contributed by atoms with Gasteiger partial charge < -0.3 is 0 Å². The van der Waals surface area contributed by atoms with Gasteiger partial charge in [-0.1, -0.05) is 18.2 Å². The molecule has 0 saturated carbocycles. The normalized spacial score (nSPS) is 12.5. The second-order valence-electron chi connectivity index (χ2n) is 5.81. The molecular weight excluding hydrogens is 286 g/mol. The van der Waals surface area contributed by atoms with Crippen molar-refractivity contribution in [2.24, 2.45) is 0 Å². The summed E-state index contributed by atoms with van der Waals surface area (Å²) in [6, 6.07) is 12.8. The van der Waals surface area contributed by atoms with E-state index in [1.54, 1.807) is 17.3 Å². The van der Waals surface area contributed by atoms with Crippen LogP contribution in [-0.4, -0.2) is 31.7 Å². The summed E-state index contributed by atoms with van der Waals surface area (Å²) in [4.78, 5) is 10.7. The van der Waals surface area contributed by atoms with E-state index in [1.807, 2.05) is 18.3 Å². The highest BCUT2D eigenvalue weighted by Gasteiger charge is 2.13. The van der Waals surface area contributed by atoms with Crippen molar-refractivity contribution >= 4 is 0 Å². The van der Waals surface area contributed by atoms with Crippen LogP contribution in [0.5, 0.6) is 0 Å².